The van der Waals surface area contributed by atoms with Gasteiger partial charge < -0.3 is 10.1 Å². The van der Waals surface area contributed by atoms with Gasteiger partial charge in [-0.15, -0.1) is 0 Å². The fourth-order valence-corrected chi connectivity index (χ4v) is 4.10. The number of rotatable bonds is 6. The number of nitrogens with zero attached hydrogens (tertiary/aromatic N) is 3. The summed E-state index contributed by atoms with van der Waals surface area (Å²) in [6.45, 7) is 6.17. The van der Waals surface area contributed by atoms with E-state index in [1.54, 1.807) is 30.7 Å². The van der Waals surface area contributed by atoms with E-state index in [-0.39, 0.29) is 23.1 Å². The van der Waals surface area contributed by atoms with Gasteiger partial charge in [0.15, 0.2) is 23.5 Å². The number of para-hydroxylation sites is 1. The molecule has 0 unspecified atom stereocenters. The fraction of sp³-hybridized carbons (Fsp3) is 0.360. The molecule has 0 radical (unpaired) electrons. The molecule has 2 atom stereocenters. The molecule has 2 aromatic heterocycles. The highest BCUT2D eigenvalue weighted by Gasteiger charge is 2.35. The number of aromatic nitrogens is 3. The number of benzene rings is 1. The van der Waals surface area contributed by atoms with E-state index in [9.17, 15) is 9.18 Å². The summed E-state index contributed by atoms with van der Waals surface area (Å²) >= 11 is 0. The second-order valence-corrected chi connectivity index (χ2v) is 8.88. The van der Waals surface area contributed by atoms with Gasteiger partial charge in [-0.1, -0.05) is 32.9 Å². The summed E-state index contributed by atoms with van der Waals surface area (Å²) in [5.74, 6) is -0.0463. The van der Waals surface area contributed by atoms with E-state index in [4.69, 9.17) is 9.72 Å². The average Bonchev–Trinajstić information content (AvgIpc) is 2.78. The van der Waals surface area contributed by atoms with Gasteiger partial charge in [0, 0.05) is 29.7 Å². The number of fused-ring (bicyclic) bond motifs is 1. The summed E-state index contributed by atoms with van der Waals surface area (Å²) in [7, 11) is 0. The van der Waals surface area contributed by atoms with Crippen LogP contribution >= 0.6 is 0 Å². The Morgan fingerprint density at radius 1 is 1.25 bits per heavy atom. The Balaban J connectivity index is 1.57. The molecule has 3 aromatic rings. The van der Waals surface area contributed by atoms with Crippen LogP contribution in [0.25, 0.3) is 11.4 Å². The minimum atomic E-state index is -0.794. The summed E-state index contributed by atoms with van der Waals surface area (Å²) in [4.78, 5) is 26.5. The highest BCUT2D eigenvalue weighted by atomic mass is 19.1. The number of hydrogen-bond donors (Lipinski definition) is 1. The smallest absolute Gasteiger partial charge is 0.261 e. The van der Waals surface area contributed by atoms with E-state index in [0.717, 1.165) is 29.7 Å². The number of amides is 1. The zero-order valence-electron chi connectivity index (χ0n) is 18.5. The molecule has 1 aromatic carbocycles. The summed E-state index contributed by atoms with van der Waals surface area (Å²) in [6.07, 6.45) is 6.39. The lowest BCUT2D eigenvalue weighted by atomic mass is 9.74. The SMILES string of the molecule is CC[C@@H](Oc1ccccc1F)C(=O)N[C@H]1CC(C)(C)Cc2nc(-c3ccncc3)ncc21. The Hall–Kier alpha value is -3.35. The van der Waals surface area contributed by atoms with Gasteiger partial charge in [0.1, 0.15) is 0 Å². The molecule has 6 nitrogen and oxygen atoms in total. The van der Waals surface area contributed by atoms with Crippen LogP contribution in [0.15, 0.2) is 55.0 Å². The topological polar surface area (TPSA) is 77.0 Å². The van der Waals surface area contributed by atoms with Crippen molar-refractivity contribution >= 4 is 5.91 Å². The van der Waals surface area contributed by atoms with Crippen molar-refractivity contribution in [2.75, 3.05) is 0 Å². The maximum Gasteiger partial charge on any atom is 0.261 e. The van der Waals surface area contributed by atoms with Crippen LogP contribution in [0.5, 0.6) is 5.75 Å². The van der Waals surface area contributed by atoms with Crippen molar-refractivity contribution in [2.45, 2.75) is 52.2 Å². The molecule has 0 fully saturated rings. The van der Waals surface area contributed by atoms with Crippen molar-refractivity contribution in [3.63, 3.8) is 0 Å². The molecule has 1 aliphatic carbocycles. The van der Waals surface area contributed by atoms with Gasteiger partial charge in [-0.05, 0) is 48.9 Å². The molecule has 0 saturated heterocycles. The van der Waals surface area contributed by atoms with Crippen molar-refractivity contribution in [3.8, 4) is 17.1 Å². The lowest BCUT2D eigenvalue weighted by Crippen LogP contribution is -2.43. The minimum absolute atomic E-state index is 0.0527. The van der Waals surface area contributed by atoms with Crippen molar-refractivity contribution in [1.29, 1.82) is 0 Å². The van der Waals surface area contributed by atoms with Crippen molar-refractivity contribution in [1.82, 2.24) is 20.3 Å². The minimum Gasteiger partial charge on any atom is -0.478 e. The van der Waals surface area contributed by atoms with Crippen LogP contribution in [-0.2, 0) is 11.2 Å². The molecule has 1 amide bonds. The molecule has 7 heteroatoms. The van der Waals surface area contributed by atoms with Crippen LogP contribution in [-0.4, -0.2) is 27.0 Å². The number of hydrogen-bond acceptors (Lipinski definition) is 5. The quantitative estimate of drug-likeness (QED) is 0.610. The van der Waals surface area contributed by atoms with Crippen LogP contribution in [0.4, 0.5) is 4.39 Å². The third kappa shape index (κ3) is 4.77. The van der Waals surface area contributed by atoms with E-state index in [0.29, 0.717) is 12.2 Å². The van der Waals surface area contributed by atoms with Crippen molar-refractivity contribution in [3.05, 3.63) is 72.1 Å². The number of ether oxygens (including phenoxy) is 1. The van der Waals surface area contributed by atoms with Gasteiger partial charge >= 0.3 is 0 Å². The zero-order chi connectivity index (χ0) is 22.7. The molecule has 1 aliphatic rings. The molecule has 1 N–H and O–H groups in total. The normalized spacial score (nSPS) is 17.8. The number of carbonyl (C=O) groups is 1. The van der Waals surface area contributed by atoms with Gasteiger partial charge in [-0.2, -0.15) is 0 Å². The van der Waals surface area contributed by atoms with Crippen LogP contribution in [0.1, 0.15) is 50.9 Å². The maximum absolute atomic E-state index is 14.0. The van der Waals surface area contributed by atoms with Gasteiger partial charge in [0.25, 0.3) is 5.91 Å². The third-order valence-electron chi connectivity index (χ3n) is 5.70. The van der Waals surface area contributed by atoms with Crippen LogP contribution < -0.4 is 10.1 Å². The van der Waals surface area contributed by atoms with E-state index < -0.39 is 11.9 Å². The Labute approximate surface area is 187 Å². The average molecular weight is 435 g/mol. The number of carbonyl (C=O) groups excluding carboxylic acids is 1. The first-order chi connectivity index (χ1) is 15.4. The zero-order valence-corrected chi connectivity index (χ0v) is 18.5. The Kier molecular flexibility index (Phi) is 6.17. The van der Waals surface area contributed by atoms with E-state index in [1.165, 1.54) is 12.1 Å². The molecule has 0 spiro atoms. The van der Waals surface area contributed by atoms with E-state index >= 15 is 0 Å². The van der Waals surface area contributed by atoms with Crippen LogP contribution in [0.2, 0.25) is 0 Å². The summed E-state index contributed by atoms with van der Waals surface area (Å²) in [6, 6.07) is 9.62. The molecule has 0 aliphatic heterocycles. The second-order valence-electron chi connectivity index (χ2n) is 8.88. The van der Waals surface area contributed by atoms with Crippen molar-refractivity contribution in [2.24, 2.45) is 5.41 Å². The number of nitrogens with one attached hydrogen (secondary N) is 1. The Morgan fingerprint density at radius 2 is 2.00 bits per heavy atom. The first-order valence-corrected chi connectivity index (χ1v) is 10.8. The highest BCUT2D eigenvalue weighted by Crippen LogP contribution is 2.40. The molecule has 0 bridgehead atoms. The fourth-order valence-electron chi connectivity index (χ4n) is 4.10. The predicted octanol–water partition coefficient (Wildman–Crippen LogP) is 4.67. The first kappa shape index (κ1) is 21.9. The molecule has 2 heterocycles. The summed E-state index contributed by atoms with van der Waals surface area (Å²) in [5, 5.41) is 3.10. The lowest BCUT2D eigenvalue weighted by Gasteiger charge is -2.37. The first-order valence-electron chi connectivity index (χ1n) is 10.8. The van der Waals surface area contributed by atoms with Gasteiger partial charge in [0.2, 0.25) is 0 Å². The van der Waals surface area contributed by atoms with E-state index in [2.05, 4.69) is 29.1 Å². The number of pyridine rings is 1. The predicted molar refractivity (Wildman–Crippen MR) is 119 cm³/mol. The molecule has 166 valence electrons. The standard InChI is InChI=1S/C25H27FN4O2/c1-4-21(32-22-8-6-5-7-18(22)26)24(31)30-20-14-25(2,3)13-19-17(20)15-28-23(29-19)16-9-11-27-12-10-16/h5-12,15,20-21H,4,13-14H2,1-3H3,(H,30,31)/t20-,21+/m0/s1. The number of halogens is 1. The maximum atomic E-state index is 14.0. The third-order valence-corrected chi connectivity index (χ3v) is 5.70. The Morgan fingerprint density at radius 3 is 2.72 bits per heavy atom. The largest absolute Gasteiger partial charge is 0.478 e. The monoisotopic (exact) mass is 434 g/mol. The summed E-state index contributed by atoms with van der Waals surface area (Å²) in [5.41, 5.74) is 2.69. The van der Waals surface area contributed by atoms with Gasteiger partial charge in [-0.3, -0.25) is 9.78 Å². The molecule has 4 rings (SSSR count). The van der Waals surface area contributed by atoms with E-state index in [1.807, 2.05) is 19.1 Å². The van der Waals surface area contributed by atoms with Gasteiger partial charge in [-0.25, -0.2) is 14.4 Å². The molecule has 0 saturated carbocycles. The van der Waals surface area contributed by atoms with Crippen LogP contribution in [0.3, 0.4) is 0 Å². The van der Waals surface area contributed by atoms with Crippen LogP contribution in [0, 0.1) is 11.2 Å². The molecular formula is C25H27FN4O2. The van der Waals surface area contributed by atoms with Gasteiger partial charge in [0.05, 0.1) is 11.7 Å². The highest BCUT2D eigenvalue weighted by molar-refractivity contribution is 5.81. The lowest BCUT2D eigenvalue weighted by molar-refractivity contribution is -0.129. The molecular weight excluding hydrogens is 407 g/mol. The van der Waals surface area contributed by atoms with Crippen molar-refractivity contribution < 1.29 is 13.9 Å². The Bertz CT molecular complexity index is 1100. The molecule has 32 heavy (non-hydrogen) atoms. The second kappa shape index (κ2) is 9.02. The summed E-state index contributed by atoms with van der Waals surface area (Å²) < 4.78 is 19.7.